The van der Waals surface area contributed by atoms with Crippen molar-refractivity contribution in [2.75, 3.05) is 23.3 Å². The maximum Gasteiger partial charge on any atom is 0.338 e. The van der Waals surface area contributed by atoms with Gasteiger partial charge >= 0.3 is 5.97 Å². The zero-order valence-corrected chi connectivity index (χ0v) is 16.5. The fourth-order valence-electron chi connectivity index (χ4n) is 2.60. The molecule has 7 nitrogen and oxygen atoms in total. The van der Waals surface area contributed by atoms with E-state index in [4.69, 9.17) is 4.74 Å². The van der Waals surface area contributed by atoms with Crippen LogP contribution in [-0.2, 0) is 19.6 Å². The van der Waals surface area contributed by atoms with E-state index in [2.05, 4.69) is 5.32 Å². The summed E-state index contributed by atoms with van der Waals surface area (Å²) in [5.41, 5.74) is 1.71. The minimum absolute atomic E-state index is 0.0695. The first-order chi connectivity index (χ1) is 12.7. The summed E-state index contributed by atoms with van der Waals surface area (Å²) in [6.45, 7) is 4.99. The molecule has 0 heterocycles. The molecular formula is C19H22N2O5S. The van der Waals surface area contributed by atoms with E-state index in [0.717, 1.165) is 4.31 Å². The smallest absolute Gasteiger partial charge is 0.338 e. The molecule has 144 valence electrons. The Balaban J connectivity index is 2.38. The van der Waals surface area contributed by atoms with E-state index in [1.54, 1.807) is 32.0 Å². The van der Waals surface area contributed by atoms with Gasteiger partial charge in [0.2, 0.25) is 5.91 Å². The normalized spacial score (nSPS) is 11.0. The summed E-state index contributed by atoms with van der Waals surface area (Å²) >= 11 is 0. The van der Waals surface area contributed by atoms with E-state index in [-0.39, 0.29) is 17.4 Å². The first kappa shape index (κ1) is 20.4. The van der Waals surface area contributed by atoms with Crippen LogP contribution in [0.15, 0.2) is 47.4 Å². The van der Waals surface area contributed by atoms with Crippen molar-refractivity contribution < 1.29 is 22.7 Å². The molecule has 0 saturated heterocycles. The Hall–Kier alpha value is -2.87. The number of hydrogen-bond donors (Lipinski definition) is 1. The molecule has 27 heavy (non-hydrogen) atoms. The molecule has 0 spiro atoms. The number of nitrogens with zero attached hydrogens (tertiary/aromatic N) is 1. The van der Waals surface area contributed by atoms with Gasteiger partial charge < -0.3 is 10.1 Å². The molecule has 2 aromatic rings. The molecule has 1 amide bonds. The Morgan fingerprint density at radius 1 is 1.11 bits per heavy atom. The maximum absolute atomic E-state index is 12.9. The molecule has 1 N–H and O–H groups in total. The number of amides is 1. The number of hydrogen-bond acceptors (Lipinski definition) is 5. The summed E-state index contributed by atoms with van der Waals surface area (Å²) in [4.78, 5) is 23.2. The third kappa shape index (κ3) is 4.46. The predicted octanol–water partition coefficient (Wildman–Crippen LogP) is 2.96. The number of anilines is 2. The van der Waals surface area contributed by atoms with Crippen LogP contribution in [0.1, 0.15) is 29.8 Å². The predicted molar refractivity (Wildman–Crippen MR) is 103 cm³/mol. The lowest BCUT2D eigenvalue weighted by atomic mass is 10.1. The summed E-state index contributed by atoms with van der Waals surface area (Å²) in [6.07, 6.45) is 0. The summed E-state index contributed by atoms with van der Waals surface area (Å²) in [6, 6.07) is 10.7. The Kier molecular flexibility index (Phi) is 6.22. The van der Waals surface area contributed by atoms with Crippen LogP contribution < -0.4 is 9.62 Å². The second kappa shape index (κ2) is 8.22. The lowest BCUT2D eigenvalue weighted by molar-refractivity contribution is -0.114. The zero-order chi connectivity index (χ0) is 20.2. The molecular weight excluding hydrogens is 368 g/mol. The number of nitrogens with one attached hydrogen (secondary N) is 1. The lowest BCUT2D eigenvalue weighted by Gasteiger charge is -2.22. The number of carbonyl (C=O) groups excluding carboxylic acids is 2. The van der Waals surface area contributed by atoms with Crippen molar-refractivity contribution in [2.24, 2.45) is 0 Å². The van der Waals surface area contributed by atoms with Gasteiger partial charge in [-0.1, -0.05) is 6.07 Å². The van der Waals surface area contributed by atoms with E-state index < -0.39 is 16.0 Å². The highest BCUT2D eigenvalue weighted by molar-refractivity contribution is 7.92. The van der Waals surface area contributed by atoms with Crippen LogP contribution in [-0.4, -0.2) is 33.9 Å². The van der Waals surface area contributed by atoms with E-state index in [0.29, 0.717) is 22.5 Å². The zero-order valence-electron chi connectivity index (χ0n) is 15.6. The van der Waals surface area contributed by atoms with Crippen molar-refractivity contribution in [3.05, 3.63) is 53.6 Å². The van der Waals surface area contributed by atoms with Crippen molar-refractivity contribution in [2.45, 2.75) is 25.7 Å². The third-order valence-corrected chi connectivity index (χ3v) is 5.76. The minimum atomic E-state index is -3.85. The Morgan fingerprint density at radius 3 is 2.30 bits per heavy atom. The lowest BCUT2D eigenvalue weighted by Crippen LogP contribution is -2.27. The minimum Gasteiger partial charge on any atom is -0.462 e. The number of carbonyl (C=O) groups is 2. The van der Waals surface area contributed by atoms with Crippen LogP contribution in [0.4, 0.5) is 11.4 Å². The second-order valence-corrected chi connectivity index (χ2v) is 7.82. The molecule has 0 aromatic heterocycles. The molecule has 0 radical (unpaired) electrons. The summed E-state index contributed by atoms with van der Waals surface area (Å²) in [5, 5.41) is 2.59. The average Bonchev–Trinajstić information content (AvgIpc) is 2.61. The van der Waals surface area contributed by atoms with Gasteiger partial charge in [0, 0.05) is 19.7 Å². The van der Waals surface area contributed by atoms with Crippen LogP contribution in [0.5, 0.6) is 0 Å². The van der Waals surface area contributed by atoms with Crippen molar-refractivity contribution in [3.8, 4) is 0 Å². The molecule has 0 bridgehead atoms. The van der Waals surface area contributed by atoms with Gasteiger partial charge in [-0.05, 0) is 55.8 Å². The largest absolute Gasteiger partial charge is 0.462 e. The van der Waals surface area contributed by atoms with Gasteiger partial charge in [0.15, 0.2) is 0 Å². The molecule has 2 rings (SSSR count). The van der Waals surface area contributed by atoms with Crippen molar-refractivity contribution in [1.29, 1.82) is 0 Å². The van der Waals surface area contributed by atoms with Gasteiger partial charge in [0.25, 0.3) is 10.0 Å². The molecule has 0 fully saturated rings. The van der Waals surface area contributed by atoms with Crippen LogP contribution in [0, 0.1) is 6.92 Å². The monoisotopic (exact) mass is 390 g/mol. The maximum atomic E-state index is 12.9. The number of ether oxygens (including phenoxy) is 1. The van der Waals surface area contributed by atoms with Gasteiger partial charge in [-0.2, -0.15) is 0 Å². The van der Waals surface area contributed by atoms with E-state index in [1.165, 1.54) is 38.2 Å². The third-order valence-electron chi connectivity index (χ3n) is 3.97. The highest BCUT2D eigenvalue weighted by Gasteiger charge is 2.24. The molecule has 0 aliphatic carbocycles. The van der Waals surface area contributed by atoms with E-state index in [9.17, 15) is 18.0 Å². The Bertz CT molecular complexity index is 953. The van der Waals surface area contributed by atoms with Gasteiger partial charge in [0.1, 0.15) is 0 Å². The van der Waals surface area contributed by atoms with Gasteiger partial charge in [0.05, 0.1) is 22.8 Å². The van der Waals surface area contributed by atoms with E-state index >= 15 is 0 Å². The van der Waals surface area contributed by atoms with Crippen molar-refractivity contribution in [3.63, 3.8) is 0 Å². The molecule has 0 atom stereocenters. The molecule has 8 heteroatoms. The number of esters is 1. The number of sulfonamides is 1. The fraction of sp³-hybridized carbons (Fsp3) is 0.263. The van der Waals surface area contributed by atoms with Gasteiger partial charge in [-0.3, -0.25) is 9.10 Å². The van der Waals surface area contributed by atoms with Crippen LogP contribution in [0.25, 0.3) is 0 Å². The Morgan fingerprint density at radius 2 is 1.74 bits per heavy atom. The standard InChI is InChI=1S/C19H22N2O5S/c1-5-26-19(23)17-7-6-8-18(13(17)2)21(4)27(24,25)16-11-9-15(10-12-16)20-14(3)22/h6-12H,5H2,1-4H3,(H,20,22). The molecule has 0 aliphatic rings. The molecule has 0 aliphatic heterocycles. The van der Waals surface area contributed by atoms with Crippen molar-refractivity contribution in [1.82, 2.24) is 0 Å². The quantitative estimate of drug-likeness (QED) is 0.766. The average molecular weight is 390 g/mol. The number of benzene rings is 2. The Labute approximate surface area is 159 Å². The van der Waals surface area contributed by atoms with E-state index in [1.807, 2.05) is 0 Å². The molecule has 0 saturated carbocycles. The highest BCUT2D eigenvalue weighted by Crippen LogP contribution is 2.28. The van der Waals surface area contributed by atoms with Crippen LogP contribution >= 0.6 is 0 Å². The first-order valence-corrected chi connectivity index (χ1v) is 9.75. The van der Waals surface area contributed by atoms with Gasteiger partial charge in [-0.25, -0.2) is 13.2 Å². The molecule has 0 unspecified atom stereocenters. The second-order valence-electron chi connectivity index (χ2n) is 5.85. The van der Waals surface area contributed by atoms with Gasteiger partial charge in [-0.15, -0.1) is 0 Å². The van der Waals surface area contributed by atoms with Crippen LogP contribution in [0.3, 0.4) is 0 Å². The molecule has 2 aromatic carbocycles. The topological polar surface area (TPSA) is 92.8 Å². The summed E-state index contributed by atoms with van der Waals surface area (Å²) in [7, 11) is -2.42. The fourth-order valence-corrected chi connectivity index (χ4v) is 3.85. The first-order valence-electron chi connectivity index (χ1n) is 8.31. The SMILES string of the molecule is CCOC(=O)c1cccc(N(C)S(=O)(=O)c2ccc(NC(C)=O)cc2)c1C. The number of rotatable bonds is 6. The highest BCUT2D eigenvalue weighted by atomic mass is 32.2. The van der Waals surface area contributed by atoms with Crippen molar-refractivity contribution >= 4 is 33.3 Å². The summed E-state index contributed by atoms with van der Waals surface area (Å²) in [5.74, 6) is -0.739. The van der Waals surface area contributed by atoms with Crippen LogP contribution in [0.2, 0.25) is 0 Å². The summed E-state index contributed by atoms with van der Waals surface area (Å²) < 4.78 is 32.0.